The molecule has 0 saturated carbocycles. The van der Waals surface area contributed by atoms with Crippen molar-refractivity contribution < 1.29 is 4.12 Å². The van der Waals surface area contributed by atoms with Gasteiger partial charge in [-0.2, -0.15) is 0 Å². The normalized spacial score (nSPS) is 21.6. The van der Waals surface area contributed by atoms with Crippen LogP contribution < -0.4 is 0 Å². The molecule has 0 spiro atoms. The Morgan fingerprint density at radius 3 is 0.880 bits per heavy atom. The lowest BCUT2D eigenvalue weighted by Crippen LogP contribution is -2.50. The van der Waals surface area contributed by atoms with Crippen molar-refractivity contribution in [2.75, 3.05) is 0 Å². The van der Waals surface area contributed by atoms with E-state index >= 15 is 0 Å². The van der Waals surface area contributed by atoms with Crippen LogP contribution in [-0.2, 0) is 4.12 Å². The second-order valence-electron chi connectivity index (χ2n) is 9.41. The summed E-state index contributed by atoms with van der Waals surface area (Å²) in [7, 11) is -3.77. The highest BCUT2D eigenvalue weighted by molar-refractivity contribution is 6.87. The predicted octanol–water partition coefficient (Wildman–Crippen LogP) is 7.53. The van der Waals surface area contributed by atoms with Gasteiger partial charge in [-0.25, -0.2) is 0 Å². The van der Waals surface area contributed by atoms with Crippen molar-refractivity contribution >= 4 is 16.6 Å². The maximum absolute atomic E-state index is 7.21. The monoisotopic (exact) mass is 374 g/mol. The van der Waals surface area contributed by atoms with Gasteiger partial charge in [-0.1, -0.05) is 22.3 Å². The number of hydrogen-bond acceptors (Lipinski definition) is 1. The van der Waals surface area contributed by atoms with Gasteiger partial charge in [0, 0.05) is 11.1 Å². The molecule has 0 saturated heterocycles. The van der Waals surface area contributed by atoms with E-state index < -0.39 is 16.6 Å². The predicted molar refractivity (Wildman–Crippen MR) is 117 cm³/mol. The van der Waals surface area contributed by atoms with E-state index in [0.717, 1.165) is 0 Å². The lowest BCUT2D eigenvalue weighted by Gasteiger charge is -2.43. The van der Waals surface area contributed by atoms with Gasteiger partial charge in [0.25, 0.3) is 0 Å². The van der Waals surface area contributed by atoms with Crippen LogP contribution in [0.3, 0.4) is 0 Å². The minimum absolute atomic E-state index is 0.538. The summed E-state index contributed by atoms with van der Waals surface area (Å²) in [6, 6.07) is 0. The van der Waals surface area contributed by atoms with Gasteiger partial charge in [0.15, 0.2) is 16.6 Å². The largest absolute Gasteiger partial charge is 0.454 e. The Kier molecular flexibility index (Phi) is 5.38. The molecule has 0 amide bonds. The van der Waals surface area contributed by atoms with E-state index in [-0.39, 0.29) is 0 Å². The van der Waals surface area contributed by atoms with Crippen molar-refractivity contribution in [2.45, 2.75) is 92.7 Å². The molecule has 0 fully saturated rings. The molecule has 25 heavy (non-hydrogen) atoms. The maximum Gasteiger partial charge on any atom is 0.184 e. The molecule has 2 aliphatic carbocycles. The second-order valence-corrected chi connectivity index (χ2v) is 17.8. The molecule has 0 atom stereocenters. The summed E-state index contributed by atoms with van der Waals surface area (Å²) in [5, 5.41) is 0. The van der Waals surface area contributed by atoms with E-state index in [9.17, 15) is 0 Å². The SMILES string of the molecule is CC1=C(C)C([Si](C)(C)O[Si](C)(C)C2C(C)=C(C)C(C)=C2C)C(C)=C1C. The third-order valence-electron chi connectivity index (χ3n) is 7.14. The first-order valence-electron chi connectivity index (χ1n) is 9.64. The molecule has 0 heterocycles. The van der Waals surface area contributed by atoms with Crippen LogP contribution in [0.5, 0.6) is 0 Å². The van der Waals surface area contributed by atoms with Gasteiger partial charge < -0.3 is 4.12 Å². The first kappa shape index (κ1) is 20.7. The van der Waals surface area contributed by atoms with Gasteiger partial charge in [-0.15, -0.1) is 0 Å². The molecular formula is C22H38OSi2. The van der Waals surface area contributed by atoms with E-state index in [1.807, 2.05) is 0 Å². The van der Waals surface area contributed by atoms with Gasteiger partial charge in [0.2, 0.25) is 0 Å². The first-order chi connectivity index (χ1) is 11.2. The fourth-order valence-corrected chi connectivity index (χ4v) is 17.0. The Morgan fingerprint density at radius 1 is 0.480 bits per heavy atom. The van der Waals surface area contributed by atoms with Gasteiger partial charge in [0.05, 0.1) is 0 Å². The summed E-state index contributed by atoms with van der Waals surface area (Å²) in [4.78, 5) is 0. The lowest BCUT2D eigenvalue weighted by atomic mass is 10.1. The summed E-state index contributed by atoms with van der Waals surface area (Å²) in [6.07, 6.45) is 0. The smallest absolute Gasteiger partial charge is 0.184 e. The van der Waals surface area contributed by atoms with Gasteiger partial charge in [0.1, 0.15) is 0 Å². The van der Waals surface area contributed by atoms with Gasteiger partial charge in [-0.05, 0) is 104 Å². The summed E-state index contributed by atoms with van der Waals surface area (Å²) < 4.78 is 7.21. The molecule has 3 heteroatoms. The fraction of sp³-hybridized carbons (Fsp3) is 0.636. The van der Waals surface area contributed by atoms with Crippen molar-refractivity contribution in [3.05, 3.63) is 44.6 Å². The van der Waals surface area contributed by atoms with Crippen LogP contribution in [0, 0.1) is 0 Å². The number of allylic oxidation sites excluding steroid dienone is 8. The molecule has 0 bridgehead atoms. The Balaban J connectivity index is 2.38. The topological polar surface area (TPSA) is 9.23 Å². The van der Waals surface area contributed by atoms with E-state index in [2.05, 4.69) is 81.6 Å². The summed E-state index contributed by atoms with van der Waals surface area (Å²) in [5.74, 6) is 0. The molecule has 1 nitrogen and oxygen atoms in total. The van der Waals surface area contributed by atoms with Crippen LogP contribution in [-0.4, -0.2) is 16.6 Å². The molecule has 0 N–H and O–H groups in total. The Bertz CT molecular complexity index is 619. The maximum atomic E-state index is 7.21. The van der Waals surface area contributed by atoms with Crippen LogP contribution >= 0.6 is 0 Å². The van der Waals surface area contributed by atoms with Crippen molar-refractivity contribution in [2.24, 2.45) is 0 Å². The standard InChI is InChI=1S/C22H38OSi2/c1-13-14(2)18(6)21(17(13)5)24(9,10)23-25(11,12)22-19(7)15(3)16(4)20(22)8/h21-22H,1-12H3. The zero-order valence-electron chi connectivity index (χ0n) is 18.6. The minimum atomic E-state index is -1.89. The fourth-order valence-electron chi connectivity index (χ4n) is 5.58. The highest BCUT2D eigenvalue weighted by Crippen LogP contribution is 2.51. The molecule has 0 aliphatic heterocycles. The molecule has 0 aromatic rings. The second kappa shape index (κ2) is 6.51. The third-order valence-corrected chi connectivity index (χ3v) is 15.9. The zero-order chi connectivity index (χ0) is 19.5. The van der Waals surface area contributed by atoms with E-state index in [1.54, 1.807) is 22.3 Å². The highest BCUT2D eigenvalue weighted by Gasteiger charge is 2.48. The minimum Gasteiger partial charge on any atom is -0.454 e. The zero-order valence-corrected chi connectivity index (χ0v) is 20.6. The number of rotatable bonds is 4. The van der Waals surface area contributed by atoms with Crippen LogP contribution in [0.25, 0.3) is 0 Å². The molecule has 0 aromatic heterocycles. The average molecular weight is 375 g/mol. The molecule has 0 unspecified atom stereocenters. The Morgan fingerprint density at radius 2 is 0.680 bits per heavy atom. The summed E-state index contributed by atoms with van der Waals surface area (Å²) in [6.45, 7) is 28.2. The molecule has 2 aliphatic rings. The van der Waals surface area contributed by atoms with Crippen LogP contribution in [0.1, 0.15) is 55.4 Å². The lowest BCUT2D eigenvalue weighted by molar-refractivity contribution is 0.523. The van der Waals surface area contributed by atoms with Crippen molar-refractivity contribution in [1.82, 2.24) is 0 Å². The number of hydrogen-bond donors (Lipinski definition) is 0. The van der Waals surface area contributed by atoms with Crippen molar-refractivity contribution in [3.8, 4) is 0 Å². The van der Waals surface area contributed by atoms with Gasteiger partial charge in [-0.3, -0.25) is 0 Å². The van der Waals surface area contributed by atoms with Gasteiger partial charge >= 0.3 is 0 Å². The highest BCUT2D eigenvalue weighted by atomic mass is 28.4. The van der Waals surface area contributed by atoms with Crippen molar-refractivity contribution in [3.63, 3.8) is 0 Å². The first-order valence-corrected chi connectivity index (χ1v) is 15.6. The molecule has 2 rings (SSSR count). The molecule has 140 valence electrons. The summed E-state index contributed by atoms with van der Waals surface area (Å²) in [5.41, 5.74) is 13.2. The van der Waals surface area contributed by atoms with Crippen LogP contribution in [0.15, 0.2) is 44.6 Å². The summed E-state index contributed by atoms with van der Waals surface area (Å²) >= 11 is 0. The molecular weight excluding hydrogens is 336 g/mol. The molecule has 0 radical (unpaired) electrons. The van der Waals surface area contributed by atoms with E-state index in [1.165, 1.54) is 22.3 Å². The molecule has 0 aromatic carbocycles. The van der Waals surface area contributed by atoms with Crippen molar-refractivity contribution in [1.29, 1.82) is 0 Å². The quantitative estimate of drug-likeness (QED) is 0.462. The average Bonchev–Trinajstić information content (AvgIpc) is 2.79. The third kappa shape index (κ3) is 3.24. The Hall–Kier alpha value is -0.646. The Labute approximate surface area is 158 Å². The van der Waals surface area contributed by atoms with E-state index in [0.29, 0.717) is 11.1 Å². The van der Waals surface area contributed by atoms with Crippen LogP contribution in [0.4, 0.5) is 0 Å². The van der Waals surface area contributed by atoms with E-state index in [4.69, 9.17) is 4.12 Å². The van der Waals surface area contributed by atoms with Crippen LogP contribution in [0.2, 0.25) is 37.3 Å².